The van der Waals surface area contributed by atoms with Crippen molar-refractivity contribution in [3.8, 4) is 0 Å². The fourth-order valence-electron chi connectivity index (χ4n) is 2.54. The summed E-state index contributed by atoms with van der Waals surface area (Å²) in [5.74, 6) is 1.31. The van der Waals surface area contributed by atoms with Crippen LogP contribution in [0.4, 0.5) is 0 Å². The van der Waals surface area contributed by atoms with Gasteiger partial charge in [-0.2, -0.15) is 0 Å². The van der Waals surface area contributed by atoms with Crippen LogP contribution in [-0.4, -0.2) is 50.0 Å². The third-order valence-corrected chi connectivity index (χ3v) is 5.49. The zero-order chi connectivity index (χ0) is 11.8. The third-order valence-electron chi connectivity index (χ3n) is 3.66. The van der Waals surface area contributed by atoms with Crippen molar-refractivity contribution < 1.29 is 8.42 Å². The lowest BCUT2D eigenvalue weighted by Gasteiger charge is -2.48. The van der Waals surface area contributed by atoms with Gasteiger partial charge in [0.1, 0.15) is 0 Å². The van der Waals surface area contributed by atoms with Crippen molar-refractivity contribution in [1.29, 1.82) is 0 Å². The average Bonchev–Trinajstić information content (AvgIpc) is 2.93. The van der Waals surface area contributed by atoms with Gasteiger partial charge in [-0.3, -0.25) is 4.90 Å². The lowest BCUT2D eigenvalue weighted by Crippen LogP contribution is -2.69. The van der Waals surface area contributed by atoms with E-state index in [1.807, 2.05) is 6.92 Å². The molecule has 0 aromatic heterocycles. The second-order valence-electron chi connectivity index (χ2n) is 5.37. The number of nitrogens with zero attached hydrogens (tertiary/aromatic N) is 1. The zero-order valence-corrected chi connectivity index (χ0v) is 10.8. The van der Waals surface area contributed by atoms with Gasteiger partial charge in [0.15, 0.2) is 9.84 Å². The summed E-state index contributed by atoms with van der Waals surface area (Å²) in [6.07, 6.45) is 3.24. The van der Waals surface area contributed by atoms with E-state index < -0.39 is 9.84 Å². The Kier molecular flexibility index (Phi) is 3.29. The van der Waals surface area contributed by atoms with Crippen LogP contribution in [0.15, 0.2) is 0 Å². The monoisotopic (exact) mass is 246 g/mol. The molecule has 16 heavy (non-hydrogen) atoms. The molecule has 4 nitrogen and oxygen atoms in total. The summed E-state index contributed by atoms with van der Waals surface area (Å²) < 4.78 is 23.0. The molecular weight excluding hydrogens is 224 g/mol. The Morgan fingerprint density at radius 3 is 2.44 bits per heavy atom. The predicted octanol–water partition coefficient (Wildman–Crippen LogP) is 0.234. The topological polar surface area (TPSA) is 63.4 Å². The minimum Gasteiger partial charge on any atom is -0.323 e. The van der Waals surface area contributed by atoms with Crippen molar-refractivity contribution in [3.05, 3.63) is 0 Å². The largest absolute Gasteiger partial charge is 0.323 e. The Labute approximate surface area is 98.1 Å². The van der Waals surface area contributed by atoms with Gasteiger partial charge in [0.05, 0.1) is 5.75 Å². The summed E-state index contributed by atoms with van der Waals surface area (Å²) in [5.41, 5.74) is 6.21. The predicted molar refractivity (Wildman–Crippen MR) is 65.0 cm³/mol. The van der Waals surface area contributed by atoms with E-state index >= 15 is 0 Å². The molecule has 1 aliphatic heterocycles. The molecule has 0 radical (unpaired) electrons. The summed E-state index contributed by atoms with van der Waals surface area (Å²) in [6, 6.07) is 0. The SMILES string of the molecule is CCCS(=O)(=O)CCN1CC(N)(C2CC2)C1. The summed E-state index contributed by atoms with van der Waals surface area (Å²) in [4.78, 5) is 2.17. The Hall–Kier alpha value is -0.130. The molecule has 1 saturated carbocycles. The normalized spacial score (nSPS) is 25.4. The Morgan fingerprint density at radius 2 is 1.94 bits per heavy atom. The average molecular weight is 246 g/mol. The van der Waals surface area contributed by atoms with Crippen LogP contribution in [0.3, 0.4) is 0 Å². The van der Waals surface area contributed by atoms with Gasteiger partial charge in [0, 0.05) is 30.9 Å². The van der Waals surface area contributed by atoms with Gasteiger partial charge >= 0.3 is 0 Å². The minimum absolute atomic E-state index is 0.00845. The molecule has 0 atom stereocenters. The number of sulfone groups is 1. The van der Waals surface area contributed by atoms with Gasteiger partial charge < -0.3 is 5.73 Å². The first-order chi connectivity index (χ1) is 7.45. The van der Waals surface area contributed by atoms with E-state index in [-0.39, 0.29) is 5.54 Å². The maximum Gasteiger partial charge on any atom is 0.151 e. The molecule has 1 heterocycles. The number of hydrogen-bond acceptors (Lipinski definition) is 4. The van der Waals surface area contributed by atoms with Gasteiger partial charge in [0.25, 0.3) is 0 Å². The highest BCUT2D eigenvalue weighted by Gasteiger charge is 2.49. The van der Waals surface area contributed by atoms with Crippen molar-refractivity contribution in [2.45, 2.75) is 31.7 Å². The first-order valence-corrected chi connectivity index (χ1v) is 7.99. The molecule has 0 aromatic rings. The van der Waals surface area contributed by atoms with Gasteiger partial charge in [-0.1, -0.05) is 6.92 Å². The molecule has 2 rings (SSSR count). The first-order valence-electron chi connectivity index (χ1n) is 6.17. The van der Waals surface area contributed by atoms with E-state index in [1.54, 1.807) is 0 Å². The number of likely N-dealkylation sites (tertiary alicyclic amines) is 1. The van der Waals surface area contributed by atoms with Gasteiger partial charge in [0.2, 0.25) is 0 Å². The van der Waals surface area contributed by atoms with Crippen molar-refractivity contribution in [3.63, 3.8) is 0 Å². The Morgan fingerprint density at radius 1 is 1.31 bits per heavy atom. The van der Waals surface area contributed by atoms with Crippen LogP contribution in [0.2, 0.25) is 0 Å². The molecule has 1 saturated heterocycles. The highest BCUT2D eigenvalue weighted by Crippen LogP contribution is 2.42. The molecule has 2 N–H and O–H groups in total. The second-order valence-corrected chi connectivity index (χ2v) is 7.67. The van der Waals surface area contributed by atoms with Crippen LogP contribution in [0, 0.1) is 5.92 Å². The number of nitrogens with two attached hydrogens (primary N) is 1. The summed E-state index contributed by atoms with van der Waals surface area (Å²) in [6.45, 7) is 4.34. The van der Waals surface area contributed by atoms with E-state index in [9.17, 15) is 8.42 Å². The van der Waals surface area contributed by atoms with Crippen molar-refractivity contribution >= 4 is 9.84 Å². The smallest absolute Gasteiger partial charge is 0.151 e. The quantitative estimate of drug-likeness (QED) is 0.729. The molecule has 0 aromatic carbocycles. The van der Waals surface area contributed by atoms with Crippen molar-refractivity contribution in [2.24, 2.45) is 11.7 Å². The van der Waals surface area contributed by atoms with E-state index in [0.29, 0.717) is 30.4 Å². The number of hydrogen-bond donors (Lipinski definition) is 1. The summed E-state index contributed by atoms with van der Waals surface area (Å²) in [7, 11) is -2.83. The maximum atomic E-state index is 11.5. The lowest BCUT2D eigenvalue weighted by molar-refractivity contribution is 0.0609. The summed E-state index contributed by atoms with van der Waals surface area (Å²) in [5, 5.41) is 0. The maximum absolute atomic E-state index is 11.5. The van der Waals surface area contributed by atoms with E-state index in [2.05, 4.69) is 4.90 Å². The summed E-state index contributed by atoms with van der Waals surface area (Å²) >= 11 is 0. The highest BCUT2D eigenvalue weighted by atomic mass is 32.2. The zero-order valence-electron chi connectivity index (χ0n) is 9.98. The van der Waals surface area contributed by atoms with Crippen molar-refractivity contribution in [2.75, 3.05) is 31.1 Å². The Bertz CT molecular complexity index is 343. The molecule has 2 aliphatic rings. The van der Waals surface area contributed by atoms with Gasteiger partial charge in [-0.25, -0.2) is 8.42 Å². The molecule has 2 fully saturated rings. The standard InChI is InChI=1S/C11H22N2O2S/c1-2-6-16(14,15)7-5-13-8-11(12,9-13)10-3-4-10/h10H,2-9,12H2,1H3. The van der Waals surface area contributed by atoms with E-state index in [1.165, 1.54) is 12.8 Å². The lowest BCUT2D eigenvalue weighted by atomic mass is 9.86. The van der Waals surface area contributed by atoms with Crippen LogP contribution in [0.5, 0.6) is 0 Å². The molecule has 0 unspecified atom stereocenters. The fourth-order valence-corrected chi connectivity index (χ4v) is 3.90. The number of rotatable bonds is 6. The van der Waals surface area contributed by atoms with Crippen LogP contribution in [0.25, 0.3) is 0 Å². The highest BCUT2D eigenvalue weighted by molar-refractivity contribution is 7.91. The molecule has 0 bridgehead atoms. The van der Waals surface area contributed by atoms with E-state index in [0.717, 1.165) is 13.1 Å². The molecule has 94 valence electrons. The fraction of sp³-hybridized carbons (Fsp3) is 1.00. The van der Waals surface area contributed by atoms with E-state index in [4.69, 9.17) is 5.73 Å². The van der Waals surface area contributed by atoms with Crippen LogP contribution in [-0.2, 0) is 9.84 Å². The minimum atomic E-state index is -2.83. The first kappa shape index (κ1) is 12.3. The third kappa shape index (κ3) is 2.76. The second kappa shape index (κ2) is 4.27. The molecule has 5 heteroatoms. The Balaban J connectivity index is 1.69. The van der Waals surface area contributed by atoms with Gasteiger partial charge in [-0.15, -0.1) is 0 Å². The molecule has 0 spiro atoms. The van der Waals surface area contributed by atoms with Crippen LogP contribution >= 0.6 is 0 Å². The van der Waals surface area contributed by atoms with Crippen molar-refractivity contribution in [1.82, 2.24) is 4.90 Å². The van der Waals surface area contributed by atoms with Crippen LogP contribution < -0.4 is 5.73 Å². The molecule has 0 amide bonds. The molecule has 1 aliphatic carbocycles. The van der Waals surface area contributed by atoms with Gasteiger partial charge in [-0.05, 0) is 25.2 Å². The molecular formula is C11H22N2O2S. The van der Waals surface area contributed by atoms with Crippen LogP contribution in [0.1, 0.15) is 26.2 Å².